The maximum Gasteiger partial charge on any atom is 0.276 e. The highest BCUT2D eigenvalue weighted by molar-refractivity contribution is 6.31. The van der Waals surface area contributed by atoms with Crippen LogP contribution >= 0.6 is 11.6 Å². The Morgan fingerprint density at radius 1 is 1.30 bits per heavy atom. The third-order valence-electron chi connectivity index (χ3n) is 6.61. The van der Waals surface area contributed by atoms with E-state index in [0.29, 0.717) is 18.5 Å². The fourth-order valence-electron chi connectivity index (χ4n) is 4.39. The zero-order chi connectivity index (χ0) is 31.4. The largest absolute Gasteiger partial charge is 0.403 e. The molecule has 0 saturated carbocycles. The number of carbonyl (C=O) groups excluding carboxylic acids is 2. The van der Waals surface area contributed by atoms with Crippen LogP contribution in [0, 0.1) is 17.6 Å². The number of hydrogen-bond donors (Lipinski definition) is 3. The van der Waals surface area contributed by atoms with Gasteiger partial charge in [0.1, 0.15) is 0 Å². The number of alkyl halides is 2. The number of benzene rings is 1. The Balaban J connectivity index is 1.54. The van der Waals surface area contributed by atoms with Gasteiger partial charge in [0.25, 0.3) is 12.3 Å². The number of aliphatic hydroxyl groups excluding tert-OH is 1. The second-order valence-electron chi connectivity index (χ2n) is 9.75. The number of rotatable bonds is 9. The number of anilines is 1. The second-order valence-corrected chi connectivity index (χ2v) is 10.2. The molecule has 0 bridgehead atoms. The summed E-state index contributed by atoms with van der Waals surface area (Å²) in [6.07, 6.45) is 1.73. The van der Waals surface area contributed by atoms with E-state index in [2.05, 4.69) is 25.3 Å². The Morgan fingerprint density at radius 3 is 2.65 bits per heavy atom. The summed E-state index contributed by atoms with van der Waals surface area (Å²) in [5, 5.41) is 11.6. The summed E-state index contributed by atoms with van der Waals surface area (Å²) in [6, 6.07) is 2.45. The first-order valence-electron chi connectivity index (χ1n) is 12.9. The lowest BCUT2D eigenvalue weighted by atomic mass is 10.0. The van der Waals surface area contributed by atoms with Gasteiger partial charge in [0.15, 0.2) is 23.1 Å². The normalized spacial score (nSPS) is 16.4. The third kappa shape index (κ3) is 6.81. The number of nitrogens with two attached hydrogens (primary N) is 1. The maximum absolute atomic E-state index is 14.8. The van der Waals surface area contributed by atoms with E-state index >= 15 is 0 Å². The summed E-state index contributed by atoms with van der Waals surface area (Å²) < 4.78 is 56.8. The van der Waals surface area contributed by atoms with Crippen LogP contribution in [0.25, 0.3) is 11.3 Å². The van der Waals surface area contributed by atoms with Crippen molar-refractivity contribution in [2.75, 3.05) is 11.4 Å². The number of allylic oxidation sites excluding steroid dienone is 1. The molecule has 4 rings (SSSR count). The average Bonchev–Trinajstić information content (AvgIpc) is 3.32. The Kier molecular flexibility index (Phi) is 9.71. The SMILES string of the molecule is CC(N=CC(=CN)NC(=O)c1nc(-c2c(C(F)F)ccc(Cl)c2F)cnc1CO)c1cnc(N2C[C@@H](C)CC2=O)c(F)c1. The van der Waals surface area contributed by atoms with Crippen molar-refractivity contribution in [2.24, 2.45) is 16.6 Å². The van der Waals surface area contributed by atoms with Crippen LogP contribution in [0.15, 0.2) is 47.5 Å². The zero-order valence-electron chi connectivity index (χ0n) is 22.9. The highest BCUT2D eigenvalue weighted by Crippen LogP contribution is 2.35. The van der Waals surface area contributed by atoms with Crippen molar-refractivity contribution in [3.05, 3.63) is 81.7 Å². The molecule has 43 heavy (non-hydrogen) atoms. The van der Waals surface area contributed by atoms with Crippen molar-refractivity contribution in [3.8, 4) is 11.3 Å². The predicted molar refractivity (Wildman–Crippen MR) is 150 cm³/mol. The molecule has 10 nitrogen and oxygen atoms in total. The number of aromatic nitrogens is 3. The topological polar surface area (TPSA) is 147 Å². The summed E-state index contributed by atoms with van der Waals surface area (Å²) in [5.41, 5.74) is 3.47. The molecule has 1 saturated heterocycles. The predicted octanol–water partition coefficient (Wildman–Crippen LogP) is 4.63. The van der Waals surface area contributed by atoms with E-state index in [-0.39, 0.29) is 29.0 Å². The van der Waals surface area contributed by atoms with Gasteiger partial charge in [0, 0.05) is 42.7 Å². The smallest absolute Gasteiger partial charge is 0.276 e. The molecule has 1 aliphatic heterocycles. The quantitative estimate of drug-likeness (QED) is 0.234. The van der Waals surface area contributed by atoms with Gasteiger partial charge in [-0.15, -0.1) is 0 Å². The first-order valence-corrected chi connectivity index (χ1v) is 13.3. The van der Waals surface area contributed by atoms with Gasteiger partial charge in [0.05, 0.1) is 41.0 Å². The van der Waals surface area contributed by atoms with Crippen molar-refractivity contribution in [2.45, 2.75) is 39.3 Å². The second kappa shape index (κ2) is 13.3. The van der Waals surface area contributed by atoms with Crippen LogP contribution in [0.2, 0.25) is 5.02 Å². The van der Waals surface area contributed by atoms with Gasteiger partial charge in [-0.25, -0.2) is 27.5 Å². The van der Waals surface area contributed by atoms with Gasteiger partial charge < -0.3 is 16.2 Å². The van der Waals surface area contributed by atoms with E-state index in [1.165, 1.54) is 23.4 Å². The highest BCUT2D eigenvalue weighted by Gasteiger charge is 2.30. The molecule has 0 spiro atoms. The Labute approximate surface area is 248 Å². The Bertz CT molecular complexity index is 1620. The van der Waals surface area contributed by atoms with Crippen LogP contribution in [0.4, 0.5) is 23.4 Å². The molecular formula is C28H26ClF4N7O3. The Hall–Kier alpha value is -4.43. The lowest BCUT2D eigenvalue weighted by Gasteiger charge is -2.17. The number of aliphatic imine (C=N–C) groups is 1. The molecule has 3 heterocycles. The van der Waals surface area contributed by atoms with E-state index in [1.807, 2.05) is 6.92 Å². The lowest BCUT2D eigenvalue weighted by Crippen LogP contribution is -2.27. The first kappa shape index (κ1) is 31.5. The van der Waals surface area contributed by atoms with Gasteiger partial charge in [-0.1, -0.05) is 24.6 Å². The monoisotopic (exact) mass is 619 g/mol. The van der Waals surface area contributed by atoms with Gasteiger partial charge in [-0.05, 0) is 30.5 Å². The lowest BCUT2D eigenvalue weighted by molar-refractivity contribution is -0.117. The van der Waals surface area contributed by atoms with Crippen LogP contribution in [-0.2, 0) is 11.4 Å². The standard InChI is InChI=1S/C28H26ClF4N7O3/c1-13-5-22(42)40(11-13)27-19(30)6-15(8-37-27)14(2)35-9-16(7-34)38-28(43)25-21(12-41)36-10-20(39-25)23-17(26(32)33)3-4-18(29)24(23)31/h3-4,6-10,13-14,26,41H,5,11-12,34H2,1-2H3,(H,38,43)/t13-,14?/m0/s1. The average molecular weight is 620 g/mol. The summed E-state index contributed by atoms with van der Waals surface area (Å²) in [6.45, 7) is 3.13. The first-order chi connectivity index (χ1) is 20.4. The molecule has 226 valence electrons. The molecule has 3 aromatic rings. The number of nitrogens with one attached hydrogen (secondary N) is 1. The Morgan fingerprint density at radius 2 is 2.05 bits per heavy atom. The highest BCUT2D eigenvalue weighted by atomic mass is 35.5. The summed E-state index contributed by atoms with van der Waals surface area (Å²) in [5.74, 6) is -3.02. The van der Waals surface area contributed by atoms with Crippen LogP contribution in [-0.4, -0.2) is 44.6 Å². The molecule has 1 aromatic carbocycles. The van der Waals surface area contributed by atoms with Crippen molar-refractivity contribution in [3.63, 3.8) is 0 Å². The number of hydrogen-bond acceptors (Lipinski definition) is 8. The maximum atomic E-state index is 14.8. The minimum Gasteiger partial charge on any atom is -0.403 e. The summed E-state index contributed by atoms with van der Waals surface area (Å²) in [7, 11) is 0. The van der Waals surface area contributed by atoms with Crippen LogP contribution < -0.4 is 16.0 Å². The zero-order valence-corrected chi connectivity index (χ0v) is 23.6. The van der Waals surface area contributed by atoms with E-state index in [9.17, 15) is 32.3 Å². The number of halogens is 5. The van der Waals surface area contributed by atoms with E-state index in [4.69, 9.17) is 17.3 Å². The molecule has 2 amide bonds. The van der Waals surface area contributed by atoms with Crippen molar-refractivity contribution >= 4 is 35.4 Å². The molecule has 0 aliphatic carbocycles. The van der Waals surface area contributed by atoms with Crippen LogP contribution in [0.5, 0.6) is 0 Å². The fourth-order valence-corrected chi connectivity index (χ4v) is 4.55. The number of aliphatic hydroxyl groups is 1. The van der Waals surface area contributed by atoms with Crippen LogP contribution in [0.3, 0.4) is 0 Å². The molecule has 1 unspecified atom stereocenters. The van der Waals surface area contributed by atoms with Gasteiger partial charge in [-0.2, -0.15) is 0 Å². The van der Waals surface area contributed by atoms with Crippen molar-refractivity contribution in [1.82, 2.24) is 20.3 Å². The number of nitrogens with zero attached hydrogens (tertiary/aromatic N) is 5. The number of pyridine rings is 1. The third-order valence-corrected chi connectivity index (χ3v) is 6.90. The van der Waals surface area contributed by atoms with Gasteiger partial charge in [0.2, 0.25) is 5.91 Å². The van der Waals surface area contributed by atoms with Crippen molar-refractivity contribution in [1.29, 1.82) is 0 Å². The molecule has 0 radical (unpaired) electrons. The molecule has 1 fully saturated rings. The summed E-state index contributed by atoms with van der Waals surface area (Å²) in [4.78, 5) is 42.8. The van der Waals surface area contributed by atoms with Crippen molar-refractivity contribution < 1.29 is 32.3 Å². The van der Waals surface area contributed by atoms with E-state index in [0.717, 1.165) is 24.5 Å². The molecule has 2 aromatic heterocycles. The summed E-state index contributed by atoms with van der Waals surface area (Å²) >= 11 is 5.79. The molecule has 2 atom stereocenters. The minimum atomic E-state index is -3.09. The van der Waals surface area contributed by atoms with Gasteiger partial charge in [-0.3, -0.25) is 24.5 Å². The van der Waals surface area contributed by atoms with E-state index < -0.39 is 64.2 Å². The molecule has 4 N–H and O–H groups in total. The molecular weight excluding hydrogens is 594 g/mol. The molecule has 15 heteroatoms. The number of amides is 2. The van der Waals surface area contributed by atoms with Crippen LogP contribution in [0.1, 0.15) is 60.0 Å². The van der Waals surface area contributed by atoms with Gasteiger partial charge >= 0.3 is 0 Å². The molecule has 1 aliphatic rings. The fraction of sp³-hybridized carbons (Fsp3) is 0.286. The van der Waals surface area contributed by atoms with E-state index in [1.54, 1.807) is 6.92 Å². The number of carbonyl (C=O) groups is 2. The minimum absolute atomic E-state index is 0.0446.